The van der Waals surface area contributed by atoms with Crippen LogP contribution in [-0.4, -0.2) is 19.1 Å². The molecule has 0 saturated heterocycles. The summed E-state index contributed by atoms with van der Waals surface area (Å²) in [6, 6.07) is 0. The van der Waals surface area contributed by atoms with Crippen LogP contribution in [0, 0.1) is 0 Å². The maximum Gasteiger partial charge on any atom is 0.305 e. The highest BCUT2D eigenvalue weighted by Crippen LogP contribution is 2.06. The van der Waals surface area contributed by atoms with E-state index in [1.165, 1.54) is 19.3 Å². The van der Waals surface area contributed by atoms with Gasteiger partial charge in [-0.3, -0.25) is 4.79 Å². The molecule has 0 aromatic carbocycles. The van der Waals surface area contributed by atoms with Crippen molar-refractivity contribution in [1.29, 1.82) is 0 Å². The maximum atomic E-state index is 11.3. The molecule has 2 N–H and O–H groups in total. The van der Waals surface area contributed by atoms with Gasteiger partial charge in [0.05, 0.1) is 6.61 Å². The number of ether oxygens (including phenoxy) is 1. The number of nitrogens with two attached hydrogens (primary N) is 1. The van der Waals surface area contributed by atoms with Gasteiger partial charge in [0.1, 0.15) is 0 Å². The molecule has 0 atom stereocenters. The zero-order valence-corrected chi connectivity index (χ0v) is 11.4. The van der Waals surface area contributed by atoms with Gasteiger partial charge in [-0.25, -0.2) is 0 Å². The molecule has 17 heavy (non-hydrogen) atoms. The zero-order chi connectivity index (χ0) is 12.8. The van der Waals surface area contributed by atoms with Crippen molar-refractivity contribution in [2.45, 2.75) is 71.1 Å². The van der Waals surface area contributed by atoms with Crippen LogP contribution in [0.5, 0.6) is 0 Å². The van der Waals surface area contributed by atoms with E-state index in [9.17, 15) is 4.79 Å². The SMILES string of the molecule is CCCCCCCC(=O)OCCCCCCN. The lowest BCUT2D eigenvalue weighted by atomic mass is 10.1. The molecule has 0 rings (SSSR count). The predicted octanol–water partition coefficient (Wildman–Crippen LogP) is 3.41. The topological polar surface area (TPSA) is 52.3 Å². The number of carbonyl (C=O) groups excluding carboxylic acids is 1. The highest BCUT2D eigenvalue weighted by atomic mass is 16.5. The molecule has 0 bridgehead atoms. The first-order chi connectivity index (χ1) is 8.31. The zero-order valence-electron chi connectivity index (χ0n) is 11.4. The van der Waals surface area contributed by atoms with Crippen LogP contribution in [0.25, 0.3) is 0 Å². The molecule has 0 aromatic rings. The van der Waals surface area contributed by atoms with Gasteiger partial charge in [0.15, 0.2) is 0 Å². The van der Waals surface area contributed by atoms with E-state index in [1.807, 2.05) is 0 Å². The Morgan fingerprint density at radius 1 is 0.941 bits per heavy atom. The van der Waals surface area contributed by atoms with Gasteiger partial charge in [0, 0.05) is 6.42 Å². The molecule has 0 heterocycles. The molecule has 0 amide bonds. The Kier molecular flexibility index (Phi) is 13.0. The summed E-state index contributed by atoms with van der Waals surface area (Å²) in [4.78, 5) is 11.3. The number of hydrogen-bond acceptors (Lipinski definition) is 3. The summed E-state index contributed by atoms with van der Waals surface area (Å²) in [5, 5.41) is 0. The summed E-state index contributed by atoms with van der Waals surface area (Å²) >= 11 is 0. The molecule has 0 aliphatic carbocycles. The molecule has 0 aliphatic rings. The average molecular weight is 243 g/mol. The summed E-state index contributed by atoms with van der Waals surface area (Å²) in [6.07, 6.45) is 10.8. The Morgan fingerprint density at radius 3 is 2.29 bits per heavy atom. The third-order valence-corrected chi connectivity index (χ3v) is 2.85. The van der Waals surface area contributed by atoms with Crippen LogP contribution in [0.2, 0.25) is 0 Å². The molecule has 3 nitrogen and oxygen atoms in total. The third-order valence-electron chi connectivity index (χ3n) is 2.85. The fourth-order valence-corrected chi connectivity index (χ4v) is 1.73. The van der Waals surface area contributed by atoms with Crippen molar-refractivity contribution in [3.63, 3.8) is 0 Å². The minimum atomic E-state index is -0.0275. The van der Waals surface area contributed by atoms with E-state index in [1.54, 1.807) is 0 Å². The normalized spacial score (nSPS) is 10.5. The second-order valence-corrected chi connectivity index (χ2v) is 4.59. The minimum absolute atomic E-state index is 0.0275. The van der Waals surface area contributed by atoms with Crippen LogP contribution in [0.1, 0.15) is 71.1 Å². The first-order valence-corrected chi connectivity index (χ1v) is 7.17. The number of hydrogen-bond donors (Lipinski definition) is 1. The minimum Gasteiger partial charge on any atom is -0.466 e. The van der Waals surface area contributed by atoms with Crippen LogP contribution in [0.4, 0.5) is 0 Å². The third kappa shape index (κ3) is 13.4. The summed E-state index contributed by atoms with van der Waals surface area (Å²) in [5.74, 6) is -0.0275. The Hall–Kier alpha value is -0.570. The lowest BCUT2D eigenvalue weighted by Gasteiger charge is -2.04. The highest BCUT2D eigenvalue weighted by Gasteiger charge is 2.01. The second-order valence-electron chi connectivity index (χ2n) is 4.59. The van der Waals surface area contributed by atoms with Gasteiger partial charge in [-0.1, -0.05) is 45.4 Å². The molecule has 102 valence electrons. The Labute approximate surface area is 106 Å². The summed E-state index contributed by atoms with van der Waals surface area (Å²) in [6.45, 7) is 3.54. The molecular weight excluding hydrogens is 214 g/mol. The molecule has 0 aliphatic heterocycles. The highest BCUT2D eigenvalue weighted by molar-refractivity contribution is 5.69. The van der Waals surface area contributed by atoms with E-state index in [2.05, 4.69) is 6.92 Å². The van der Waals surface area contributed by atoms with Crippen molar-refractivity contribution in [2.75, 3.05) is 13.2 Å². The van der Waals surface area contributed by atoms with Crippen molar-refractivity contribution in [2.24, 2.45) is 5.73 Å². The summed E-state index contributed by atoms with van der Waals surface area (Å²) in [7, 11) is 0. The van der Waals surface area contributed by atoms with Crippen LogP contribution in [-0.2, 0) is 9.53 Å². The summed E-state index contributed by atoms with van der Waals surface area (Å²) < 4.78 is 5.16. The standard InChI is InChI=1S/C14H29NO2/c1-2-3-4-5-8-11-14(16)17-13-10-7-6-9-12-15/h2-13,15H2,1H3. The number of carbonyl (C=O) groups is 1. The molecule has 0 aromatic heterocycles. The molecule has 0 spiro atoms. The van der Waals surface area contributed by atoms with E-state index in [0.717, 1.165) is 45.1 Å². The van der Waals surface area contributed by atoms with Gasteiger partial charge in [-0.05, 0) is 25.8 Å². The average Bonchev–Trinajstić information content (AvgIpc) is 2.33. The first kappa shape index (κ1) is 16.4. The van der Waals surface area contributed by atoms with Crippen LogP contribution in [0.15, 0.2) is 0 Å². The number of unbranched alkanes of at least 4 members (excludes halogenated alkanes) is 7. The number of esters is 1. The van der Waals surface area contributed by atoms with Gasteiger partial charge < -0.3 is 10.5 Å². The van der Waals surface area contributed by atoms with Gasteiger partial charge in [0.25, 0.3) is 0 Å². The van der Waals surface area contributed by atoms with E-state index in [0.29, 0.717) is 13.0 Å². The monoisotopic (exact) mass is 243 g/mol. The molecule has 0 unspecified atom stereocenters. The first-order valence-electron chi connectivity index (χ1n) is 7.17. The lowest BCUT2D eigenvalue weighted by Crippen LogP contribution is -2.06. The summed E-state index contributed by atoms with van der Waals surface area (Å²) in [5.41, 5.74) is 5.40. The van der Waals surface area contributed by atoms with Crippen molar-refractivity contribution in [3.05, 3.63) is 0 Å². The van der Waals surface area contributed by atoms with Gasteiger partial charge >= 0.3 is 5.97 Å². The van der Waals surface area contributed by atoms with E-state index in [-0.39, 0.29) is 5.97 Å². The predicted molar refractivity (Wildman–Crippen MR) is 71.9 cm³/mol. The van der Waals surface area contributed by atoms with Crippen molar-refractivity contribution in [1.82, 2.24) is 0 Å². The van der Waals surface area contributed by atoms with Gasteiger partial charge in [-0.15, -0.1) is 0 Å². The van der Waals surface area contributed by atoms with Crippen LogP contribution >= 0.6 is 0 Å². The van der Waals surface area contributed by atoms with Crippen molar-refractivity contribution < 1.29 is 9.53 Å². The van der Waals surface area contributed by atoms with Crippen LogP contribution in [0.3, 0.4) is 0 Å². The fourth-order valence-electron chi connectivity index (χ4n) is 1.73. The molecule has 0 radical (unpaired) electrons. The van der Waals surface area contributed by atoms with E-state index in [4.69, 9.17) is 10.5 Å². The van der Waals surface area contributed by atoms with Gasteiger partial charge in [0.2, 0.25) is 0 Å². The van der Waals surface area contributed by atoms with Crippen LogP contribution < -0.4 is 5.73 Å². The Bertz CT molecular complexity index is 172. The van der Waals surface area contributed by atoms with E-state index < -0.39 is 0 Å². The smallest absolute Gasteiger partial charge is 0.305 e. The Balaban J connectivity index is 3.12. The molecule has 0 saturated carbocycles. The number of rotatable bonds is 12. The van der Waals surface area contributed by atoms with E-state index >= 15 is 0 Å². The second kappa shape index (κ2) is 13.5. The molecule has 3 heteroatoms. The molecule has 0 fully saturated rings. The van der Waals surface area contributed by atoms with Gasteiger partial charge in [-0.2, -0.15) is 0 Å². The fraction of sp³-hybridized carbons (Fsp3) is 0.929. The van der Waals surface area contributed by atoms with Crippen molar-refractivity contribution in [3.8, 4) is 0 Å². The Morgan fingerprint density at radius 2 is 1.59 bits per heavy atom. The largest absolute Gasteiger partial charge is 0.466 e. The van der Waals surface area contributed by atoms with Crippen molar-refractivity contribution >= 4 is 5.97 Å². The molecular formula is C14H29NO2. The maximum absolute atomic E-state index is 11.3. The quantitative estimate of drug-likeness (QED) is 0.422. The lowest BCUT2D eigenvalue weighted by molar-refractivity contribution is -0.143.